The second-order valence-corrected chi connectivity index (χ2v) is 3.49. The molecule has 0 unspecified atom stereocenters. The summed E-state index contributed by atoms with van der Waals surface area (Å²) in [5.41, 5.74) is 2.86. The highest BCUT2D eigenvalue weighted by molar-refractivity contribution is 5.71. The highest BCUT2D eigenvalue weighted by atomic mass is 15.4. The Kier molecular flexibility index (Phi) is 2.07. The molecule has 78 valence electrons. The van der Waals surface area contributed by atoms with E-state index in [0.29, 0.717) is 6.54 Å². The Morgan fingerprint density at radius 3 is 2.69 bits per heavy atom. The van der Waals surface area contributed by atoms with Crippen LogP contribution in [0.4, 0.5) is 0 Å². The van der Waals surface area contributed by atoms with Crippen LogP contribution in [0.15, 0.2) is 42.7 Å². The van der Waals surface area contributed by atoms with Gasteiger partial charge in [0.25, 0.3) is 0 Å². The van der Waals surface area contributed by atoms with E-state index in [9.17, 15) is 0 Å². The van der Waals surface area contributed by atoms with Crippen LogP contribution in [0.5, 0.6) is 0 Å². The number of hydrogen-bond donors (Lipinski definition) is 0. The van der Waals surface area contributed by atoms with E-state index >= 15 is 0 Å². The first-order valence-electron chi connectivity index (χ1n) is 4.97. The molecule has 3 rings (SSSR count). The van der Waals surface area contributed by atoms with Crippen molar-refractivity contribution in [2.24, 2.45) is 0 Å². The number of benzene rings is 1. The van der Waals surface area contributed by atoms with Gasteiger partial charge in [0.05, 0.1) is 18.9 Å². The standard InChI is InChI=1S/C11H9N5/c1-2-4-9(5-3-1)8-16-11-7-13-12-6-10(11)14-15-16/h1-7H,8H2. The second-order valence-electron chi connectivity index (χ2n) is 3.49. The fourth-order valence-corrected chi connectivity index (χ4v) is 1.61. The number of aromatic nitrogens is 5. The van der Waals surface area contributed by atoms with Gasteiger partial charge in [0.2, 0.25) is 0 Å². The van der Waals surface area contributed by atoms with Gasteiger partial charge in [0.15, 0.2) is 0 Å². The van der Waals surface area contributed by atoms with E-state index < -0.39 is 0 Å². The van der Waals surface area contributed by atoms with Gasteiger partial charge in [-0.25, -0.2) is 4.68 Å². The molecule has 0 spiro atoms. The van der Waals surface area contributed by atoms with Gasteiger partial charge in [0.1, 0.15) is 11.0 Å². The molecule has 0 aliphatic heterocycles. The predicted molar refractivity (Wildman–Crippen MR) is 58.7 cm³/mol. The van der Waals surface area contributed by atoms with Crippen LogP contribution in [-0.4, -0.2) is 25.2 Å². The maximum atomic E-state index is 4.08. The Balaban J connectivity index is 2.01. The van der Waals surface area contributed by atoms with Crippen molar-refractivity contribution in [3.63, 3.8) is 0 Å². The largest absolute Gasteiger partial charge is 0.239 e. The molecule has 0 fully saturated rings. The number of rotatable bonds is 2. The maximum absolute atomic E-state index is 4.08. The van der Waals surface area contributed by atoms with Crippen LogP contribution in [0.1, 0.15) is 5.56 Å². The Morgan fingerprint density at radius 1 is 1.00 bits per heavy atom. The second kappa shape index (κ2) is 3.69. The van der Waals surface area contributed by atoms with Crippen LogP contribution in [0.2, 0.25) is 0 Å². The van der Waals surface area contributed by atoms with Gasteiger partial charge in [-0.15, -0.1) is 5.10 Å². The van der Waals surface area contributed by atoms with Crippen molar-refractivity contribution in [3.8, 4) is 0 Å². The molecule has 5 heteroatoms. The lowest BCUT2D eigenvalue weighted by molar-refractivity contribution is 0.669. The van der Waals surface area contributed by atoms with Gasteiger partial charge >= 0.3 is 0 Å². The van der Waals surface area contributed by atoms with Gasteiger partial charge in [-0.05, 0) is 5.56 Å². The van der Waals surface area contributed by atoms with Crippen LogP contribution in [0.25, 0.3) is 11.0 Å². The lowest BCUT2D eigenvalue weighted by Gasteiger charge is -2.01. The first-order chi connectivity index (χ1) is 7.93. The minimum absolute atomic E-state index is 0.697. The molecule has 5 nitrogen and oxygen atoms in total. The number of fused-ring (bicyclic) bond motifs is 1. The van der Waals surface area contributed by atoms with Crippen molar-refractivity contribution in [3.05, 3.63) is 48.3 Å². The zero-order valence-electron chi connectivity index (χ0n) is 8.48. The van der Waals surface area contributed by atoms with Gasteiger partial charge in [-0.2, -0.15) is 10.2 Å². The lowest BCUT2D eigenvalue weighted by atomic mass is 10.2. The van der Waals surface area contributed by atoms with E-state index in [1.165, 1.54) is 5.56 Å². The molecule has 0 radical (unpaired) electrons. The van der Waals surface area contributed by atoms with Gasteiger partial charge in [0, 0.05) is 0 Å². The molecule has 0 aliphatic rings. The molecule has 0 atom stereocenters. The van der Waals surface area contributed by atoms with Crippen LogP contribution >= 0.6 is 0 Å². The summed E-state index contributed by atoms with van der Waals surface area (Å²) in [6, 6.07) is 10.1. The predicted octanol–water partition coefficient (Wildman–Crippen LogP) is 1.27. The molecule has 16 heavy (non-hydrogen) atoms. The monoisotopic (exact) mass is 211 g/mol. The van der Waals surface area contributed by atoms with Crippen molar-refractivity contribution in [2.75, 3.05) is 0 Å². The third kappa shape index (κ3) is 1.52. The van der Waals surface area contributed by atoms with E-state index in [2.05, 4.69) is 32.6 Å². The zero-order valence-corrected chi connectivity index (χ0v) is 8.48. The van der Waals surface area contributed by atoms with E-state index in [1.807, 2.05) is 22.9 Å². The Bertz CT molecular complexity index is 602. The van der Waals surface area contributed by atoms with Gasteiger partial charge in [-0.3, -0.25) is 0 Å². The summed E-state index contributed by atoms with van der Waals surface area (Å²) in [5, 5.41) is 15.7. The van der Waals surface area contributed by atoms with E-state index in [0.717, 1.165) is 11.0 Å². The molecule has 0 saturated heterocycles. The molecule has 1 aromatic carbocycles. The summed E-state index contributed by atoms with van der Waals surface area (Å²) in [4.78, 5) is 0. The maximum Gasteiger partial charge on any atom is 0.134 e. The molecule has 3 aromatic rings. The van der Waals surface area contributed by atoms with Crippen molar-refractivity contribution in [2.45, 2.75) is 6.54 Å². The van der Waals surface area contributed by atoms with E-state index in [1.54, 1.807) is 12.4 Å². The third-order valence-corrected chi connectivity index (χ3v) is 2.40. The van der Waals surface area contributed by atoms with E-state index in [-0.39, 0.29) is 0 Å². The zero-order chi connectivity index (χ0) is 10.8. The molecule has 0 aliphatic carbocycles. The molecule has 2 aromatic heterocycles. The van der Waals surface area contributed by atoms with E-state index in [4.69, 9.17) is 0 Å². The van der Waals surface area contributed by atoms with Gasteiger partial charge in [-0.1, -0.05) is 35.5 Å². The quantitative estimate of drug-likeness (QED) is 0.640. The first kappa shape index (κ1) is 8.96. The average Bonchev–Trinajstić information content (AvgIpc) is 2.74. The van der Waals surface area contributed by atoms with Crippen molar-refractivity contribution >= 4 is 11.0 Å². The summed E-state index contributed by atoms with van der Waals surface area (Å²) in [6.45, 7) is 0.697. The summed E-state index contributed by atoms with van der Waals surface area (Å²) >= 11 is 0. The summed E-state index contributed by atoms with van der Waals surface area (Å²) in [5.74, 6) is 0. The first-order valence-corrected chi connectivity index (χ1v) is 4.97. The molecule has 0 N–H and O–H groups in total. The van der Waals surface area contributed by atoms with Crippen LogP contribution in [0.3, 0.4) is 0 Å². The minimum atomic E-state index is 0.697. The van der Waals surface area contributed by atoms with Gasteiger partial charge < -0.3 is 0 Å². The topological polar surface area (TPSA) is 56.5 Å². The SMILES string of the molecule is c1ccc(Cn2nnc3cnncc32)cc1. The highest BCUT2D eigenvalue weighted by Gasteiger charge is 2.04. The smallest absolute Gasteiger partial charge is 0.134 e. The molecule has 0 saturated carbocycles. The highest BCUT2D eigenvalue weighted by Crippen LogP contribution is 2.09. The van der Waals surface area contributed by atoms with Crippen LogP contribution < -0.4 is 0 Å². The van der Waals surface area contributed by atoms with Crippen molar-refractivity contribution in [1.29, 1.82) is 0 Å². The number of hydrogen-bond acceptors (Lipinski definition) is 4. The summed E-state index contributed by atoms with van der Waals surface area (Å²) < 4.78 is 1.82. The molecule has 2 heterocycles. The Morgan fingerprint density at radius 2 is 1.81 bits per heavy atom. The van der Waals surface area contributed by atoms with Crippen LogP contribution in [-0.2, 0) is 6.54 Å². The van der Waals surface area contributed by atoms with Crippen LogP contribution in [0, 0.1) is 0 Å². The molecule has 0 amide bonds. The lowest BCUT2D eigenvalue weighted by Crippen LogP contribution is -2.01. The molecular weight excluding hydrogens is 202 g/mol. The molecular formula is C11H9N5. The Hall–Kier alpha value is -2.30. The summed E-state index contributed by atoms with van der Waals surface area (Å²) in [7, 11) is 0. The normalized spacial score (nSPS) is 10.8. The summed E-state index contributed by atoms with van der Waals surface area (Å²) in [6.07, 6.45) is 3.29. The minimum Gasteiger partial charge on any atom is -0.239 e. The Labute approximate surface area is 91.7 Å². The van der Waals surface area contributed by atoms with Crippen molar-refractivity contribution in [1.82, 2.24) is 25.2 Å². The number of nitrogens with zero attached hydrogens (tertiary/aromatic N) is 5. The third-order valence-electron chi connectivity index (χ3n) is 2.40. The fourth-order valence-electron chi connectivity index (χ4n) is 1.61. The average molecular weight is 211 g/mol. The van der Waals surface area contributed by atoms with Crippen molar-refractivity contribution < 1.29 is 0 Å². The molecule has 0 bridgehead atoms. The fraction of sp³-hybridized carbons (Fsp3) is 0.0909.